The van der Waals surface area contributed by atoms with Gasteiger partial charge in [-0.3, -0.25) is 14.4 Å². The number of hydrogen-bond donors (Lipinski definition) is 0. The molecular weight excluding hydrogens is 907 g/mol. The molecular formula is C41H43Cl2FN6O9S3. The number of aromatic nitrogens is 6. The van der Waals surface area contributed by atoms with Gasteiger partial charge in [-0.05, 0) is 54.3 Å². The first kappa shape index (κ1) is 49.3. The zero-order valence-electron chi connectivity index (χ0n) is 33.8. The summed E-state index contributed by atoms with van der Waals surface area (Å²) in [7, 11) is -10.1. The minimum Gasteiger partial charge on any atom is -0.315 e. The largest absolute Gasteiger partial charge is 0.315 e. The van der Waals surface area contributed by atoms with E-state index in [2.05, 4.69) is 15.0 Å². The van der Waals surface area contributed by atoms with E-state index in [0.717, 1.165) is 19.3 Å². The zero-order valence-corrected chi connectivity index (χ0v) is 37.7. The summed E-state index contributed by atoms with van der Waals surface area (Å²) in [6.07, 6.45) is 10.6. The number of nitrogens with zero attached hydrogens (tertiary/aromatic N) is 6. The molecule has 3 heterocycles. The van der Waals surface area contributed by atoms with Crippen molar-refractivity contribution in [3.63, 3.8) is 0 Å². The number of sulfone groups is 3. The fourth-order valence-electron chi connectivity index (χ4n) is 5.56. The third-order valence-electron chi connectivity index (χ3n) is 8.67. The standard InChI is InChI=1S/C15H17FN2O3S.C14H15ClN2O3S.C12H11ClN2O3S/c1-2-3-9-18-10-8-17-14(15(18)19)22(20,21)11-12-6-4-5-7-13(12)16;1-2-7-17-8-6-16-13(14(17)18)21(19,20)10-11-4-3-5-12(15)9-11;1-15-7-6-14-11(12(15)16)19(17,18)8-9-2-4-10(13)5-3-9/h4-8,10H,2-3,9,11H2,1H3;3-6,8-9H,2,7,10H2,1H3;2-7H,8H2,1H3. The number of hydrogen-bond acceptors (Lipinski definition) is 12. The van der Waals surface area contributed by atoms with Crippen molar-refractivity contribution in [2.45, 2.75) is 78.5 Å². The Morgan fingerprint density at radius 3 is 1.63 bits per heavy atom. The van der Waals surface area contributed by atoms with Gasteiger partial charge in [-0.2, -0.15) is 0 Å². The Bertz CT molecular complexity index is 3020. The SMILES string of the molecule is CCCCn1ccnc(S(=O)(=O)Cc2ccccc2F)c1=O.CCCn1ccnc(S(=O)(=O)Cc2cccc(Cl)c2)c1=O.Cn1ccnc(S(=O)(=O)Cc2ccc(Cl)cc2)c1=O. The molecule has 0 bridgehead atoms. The Morgan fingerprint density at radius 1 is 0.565 bits per heavy atom. The van der Waals surface area contributed by atoms with E-state index in [-0.39, 0.29) is 17.1 Å². The smallest absolute Gasteiger partial charge is 0.288 e. The van der Waals surface area contributed by atoms with E-state index in [1.807, 2.05) is 13.8 Å². The zero-order chi connectivity index (χ0) is 45.7. The van der Waals surface area contributed by atoms with E-state index in [1.165, 1.54) is 76.1 Å². The molecule has 0 aliphatic carbocycles. The molecule has 0 spiro atoms. The number of halogens is 3. The lowest BCUT2D eigenvalue weighted by Crippen LogP contribution is -2.28. The van der Waals surface area contributed by atoms with Crippen LogP contribution in [0.4, 0.5) is 4.39 Å². The number of aryl methyl sites for hydroxylation is 3. The third-order valence-corrected chi connectivity index (χ3v) is 13.9. The van der Waals surface area contributed by atoms with Crippen molar-refractivity contribution in [1.29, 1.82) is 0 Å². The third kappa shape index (κ3) is 13.6. The second kappa shape index (κ2) is 22.1. The molecule has 15 nitrogen and oxygen atoms in total. The van der Waals surface area contributed by atoms with Crippen molar-refractivity contribution >= 4 is 52.7 Å². The monoisotopic (exact) mass is 948 g/mol. The van der Waals surface area contributed by atoms with E-state index >= 15 is 0 Å². The molecule has 0 atom stereocenters. The highest BCUT2D eigenvalue weighted by molar-refractivity contribution is 7.91. The Morgan fingerprint density at radius 2 is 1.08 bits per heavy atom. The van der Waals surface area contributed by atoms with E-state index in [1.54, 1.807) is 54.6 Å². The molecule has 0 aliphatic heterocycles. The predicted molar refractivity (Wildman–Crippen MR) is 234 cm³/mol. The molecule has 0 aliphatic rings. The first-order valence-corrected chi connectivity index (χ1v) is 24.5. The highest BCUT2D eigenvalue weighted by Gasteiger charge is 2.25. The quantitative estimate of drug-likeness (QED) is 0.126. The first-order chi connectivity index (χ1) is 29.3. The van der Waals surface area contributed by atoms with Crippen LogP contribution in [0.2, 0.25) is 10.0 Å². The lowest BCUT2D eigenvalue weighted by atomic mass is 10.2. The Labute approximate surface area is 368 Å². The van der Waals surface area contributed by atoms with Gasteiger partial charge in [0.2, 0.25) is 44.6 Å². The van der Waals surface area contributed by atoms with Gasteiger partial charge in [0.15, 0.2) is 0 Å². The first-order valence-electron chi connectivity index (χ1n) is 18.8. The van der Waals surface area contributed by atoms with Gasteiger partial charge in [-0.1, -0.05) is 85.9 Å². The molecule has 330 valence electrons. The summed E-state index contributed by atoms with van der Waals surface area (Å²) in [5.74, 6) is -1.78. The molecule has 0 radical (unpaired) electrons. The van der Waals surface area contributed by atoms with Crippen LogP contribution in [0.1, 0.15) is 49.8 Å². The van der Waals surface area contributed by atoms with Crippen LogP contribution in [0.25, 0.3) is 0 Å². The van der Waals surface area contributed by atoms with Crippen LogP contribution in [0.15, 0.2) is 139 Å². The van der Waals surface area contributed by atoms with E-state index in [9.17, 15) is 44.0 Å². The predicted octanol–water partition coefficient (Wildman–Crippen LogP) is 5.84. The molecule has 0 fully saturated rings. The summed E-state index contributed by atoms with van der Waals surface area (Å²) >= 11 is 11.6. The second-order valence-corrected chi connectivity index (χ2v) is 20.2. The van der Waals surface area contributed by atoms with Gasteiger partial charge in [-0.15, -0.1) is 0 Å². The molecule has 3 aromatic carbocycles. The van der Waals surface area contributed by atoms with Crippen LogP contribution in [-0.4, -0.2) is 53.9 Å². The summed E-state index contributed by atoms with van der Waals surface area (Å²) in [4.78, 5) is 47.3. The molecule has 0 amide bonds. The molecule has 0 N–H and O–H groups in total. The van der Waals surface area contributed by atoms with Gasteiger partial charge in [0.1, 0.15) is 5.82 Å². The molecule has 3 aromatic heterocycles. The molecule has 0 saturated heterocycles. The van der Waals surface area contributed by atoms with E-state index in [0.29, 0.717) is 34.3 Å². The maximum absolute atomic E-state index is 13.6. The average molecular weight is 950 g/mol. The van der Waals surface area contributed by atoms with Crippen LogP contribution in [-0.2, 0) is 66.9 Å². The normalized spacial score (nSPS) is 11.5. The summed E-state index contributed by atoms with van der Waals surface area (Å²) in [6, 6.07) is 18.5. The van der Waals surface area contributed by atoms with Crippen molar-refractivity contribution in [1.82, 2.24) is 28.7 Å². The summed E-state index contributed by atoms with van der Waals surface area (Å²) in [5, 5.41) is -0.415. The Hall–Kier alpha value is -5.34. The summed E-state index contributed by atoms with van der Waals surface area (Å²) in [6.45, 7) is 4.77. The Kier molecular flexibility index (Phi) is 17.6. The van der Waals surface area contributed by atoms with Gasteiger partial charge in [0.05, 0.1) is 17.3 Å². The van der Waals surface area contributed by atoms with Crippen LogP contribution in [0, 0.1) is 5.82 Å². The minimum absolute atomic E-state index is 0.0210. The van der Waals surface area contributed by atoms with Gasteiger partial charge in [0.25, 0.3) is 16.7 Å². The summed E-state index contributed by atoms with van der Waals surface area (Å²) < 4.78 is 91.2. The maximum atomic E-state index is 13.6. The van der Waals surface area contributed by atoms with Gasteiger partial charge < -0.3 is 13.7 Å². The lowest BCUT2D eigenvalue weighted by Gasteiger charge is -2.08. The molecule has 6 rings (SSSR count). The van der Waals surface area contributed by atoms with Crippen molar-refractivity contribution < 1.29 is 29.6 Å². The Balaban J connectivity index is 0.000000205. The van der Waals surface area contributed by atoms with E-state index < -0.39 is 72.8 Å². The van der Waals surface area contributed by atoms with Gasteiger partial charge in [0, 0.05) is 72.9 Å². The molecule has 6 aromatic rings. The highest BCUT2D eigenvalue weighted by atomic mass is 35.5. The fourth-order valence-corrected chi connectivity index (χ4v) is 10.0. The minimum atomic E-state index is -4.00. The van der Waals surface area contributed by atoms with Crippen molar-refractivity contribution in [2.75, 3.05) is 0 Å². The molecule has 62 heavy (non-hydrogen) atoms. The lowest BCUT2D eigenvalue weighted by molar-refractivity contribution is 0.567. The van der Waals surface area contributed by atoms with Gasteiger partial charge in [-0.25, -0.2) is 44.6 Å². The van der Waals surface area contributed by atoms with Crippen molar-refractivity contribution in [2.24, 2.45) is 7.05 Å². The van der Waals surface area contributed by atoms with Gasteiger partial charge >= 0.3 is 0 Å². The average Bonchev–Trinajstić information content (AvgIpc) is 3.21. The number of benzene rings is 3. The fraction of sp³-hybridized carbons (Fsp3) is 0.268. The second-order valence-electron chi connectivity index (χ2n) is 13.6. The maximum Gasteiger partial charge on any atom is 0.288 e. The highest BCUT2D eigenvalue weighted by Crippen LogP contribution is 2.18. The van der Waals surface area contributed by atoms with E-state index in [4.69, 9.17) is 23.2 Å². The molecule has 0 saturated carbocycles. The molecule has 21 heteroatoms. The molecule has 0 unspecified atom stereocenters. The number of unbranched alkanes of at least 4 members (excludes halogenated alkanes) is 1. The number of rotatable bonds is 14. The van der Waals surface area contributed by atoms with Crippen LogP contribution >= 0.6 is 23.2 Å². The van der Waals surface area contributed by atoms with Crippen molar-refractivity contribution in [3.8, 4) is 0 Å². The topological polar surface area (TPSA) is 207 Å². The van der Waals surface area contributed by atoms with Crippen LogP contribution in [0.5, 0.6) is 0 Å². The summed E-state index contributed by atoms with van der Waals surface area (Å²) in [5.41, 5.74) is -0.774. The van der Waals surface area contributed by atoms with Crippen molar-refractivity contribution in [3.05, 3.63) is 174 Å². The van der Waals surface area contributed by atoms with Crippen LogP contribution < -0.4 is 16.7 Å². The van der Waals surface area contributed by atoms with Crippen LogP contribution in [0.3, 0.4) is 0 Å².